The second-order valence-corrected chi connectivity index (χ2v) is 5.01. The molecule has 2 rings (SSSR count). The Morgan fingerprint density at radius 1 is 1.42 bits per heavy atom. The molecule has 19 heavy (non-hydrogen) atoms. The van der Waals surface area contributed by atoms with Crippen molar-refractivity contribution in [1.29, 1.82) is 0 Å². The Hall–Kier alpha value is -1.39. The van der Waals surface area contributed by atoms with Crippen LogP contribution in [0.25, 0.3) is 0 Å². The van der Waals surface area contributed by atoms with E-state index in [0.717, 1.165) is 37.4 Å². The van der Waals surface area contributed by atoms with Crippen molar-refractivity contribution >= 4 is 5.97 Å². The molecule has 1 N–H and O–H groups in total. The number of carbonyl (C=O) groups excluding carboxylic acids is 1. The number of aryl methyl sites for hydroxylation is 1. The van der Waals surface area contributed by atoms with Gasteiger partial charge in [0.1, 0.15) is 0 Å². The predicted molar refractivity (Wildman–Crippen MR) is 72.8 cm³/mol. The number of benzene rings is 1. The lowest BCUT2D eigenvalue weighted by Gasteiger charge is -2.08. The van der Waals surface area contributed by atoms with Crippen molar-refractivity contribution in [1.82, 2.24) is 5.32 Å². The summed E-state index contributed by atoms with van der Waals surface area (Å²) in [6.07, 6.45) is 3.28. The Morgan fingerprint density at radius 3 is 3.00 bits per heavy atom. The Morgan fingerprint density at radius 2 is 2.26 bits per heavy atom. The van der Waals surface area contributed by atoms with E-state index < -0.39 is 5.97 Å². The molecule has 0 saturated carbocycles. The minimum Gasteiger partial charge on any atom is -0.316 e. The van der Waals surface area contributed by atoms with Gasteiger partial charge in [-0.25, -0.2) is 4.79 Å². The van der Waals surface area contributed by atoms with Crippen molar-refractivity contribution < 1.29 is 14.6 Å². The highest BCUT2D eigenvalue weighted by Gasteiger charge is 2.14. The second-order valence-electron chi connectivity index (χ2n) is 5.01. The molecular formula is C15H21NO3. The van der Waals surface area contributed by atoms with Crippen LogP contribution in [0.15, 0.2) is 24.3 Å². The van der Waals surface area contributed by atoms with Crippen LogP contribution in [-0.4, -0.2) is 25.7 Å². The average molecular weight is 263 g/mol. The zero-order chi connectivity index (χ0) is 13.5. The van der Waals surface area contributed by atoms with Crippen LogP contribution >= 0.6 is 0 Å². The van der Waals surface area contributed by atoms with E-state index in [1.807, 2.05) is 25.1 Å². The Balaban J connectivity index is 1.62. The van der Waals surface area contributed by atoms with Crippen molar-refractivity contribution in [3.63, 3.8) is 0 Å². The van der Waals surface area contributed by atoms with Gasteiger partial charge in [-0.05, 0) is 56.8 Å². The summed E-state index contributed by atoms with van der Waals surface area (Å²) in [6.45, 7) is 4.56. The molecule has 0 amide bonds. The van der Waals surface area contributed by atoms with E-state index in [1.54, 1.807) is 6.07 Å². The topological polar surface area (TPSA) is 47.6 Å². The molecule has 1 aliphatic heterocycles. The minimum absolute atomic E-state index is 0.416. The lowest BCUT2D eigenvalue weighted by Crippen LogP contribution is -2.11. The monoisotopic (exact) mass is 263 g/mol. The number of carbonyl (C=O) groups is 1. The number of hydrogen-bond acceptors (Lipinski definition) is 4. The van der Waals surface area contributed by atoms with E-state index in [1.165, 1.54) is 6.42 Å². The third kappa shape index (κ3) is 4.33. The van der Waals surface area contributed by atoms with E-state index in [0.29, 0.717) is 12.2 Å². The Bertz CT molecular complexity index is 414. The molecule has 4 nitrogen and oxygen atoms in total. The standard InChI is InChI=1S/C15H21NO3/c1-12-5-2-3-7-14(12)15(17)19-18-10-4-6-13-8-9-16-11-13/h2-3,5,7,13,16H,4,6,8-11H2,1H3. The van der Waals surface area contributed by atoms with Crippen molar-refractivity contribution in [2.75, 3.05) is 19.7 Å². The molecule has 4 heteroatoms. The molecule has 0 bridgehead atoms. The maximum atomic E-state index is 11.7. The zero-order valence-electron chi connectivity index (χ0n) is 11.4. The fraction of sp³-hybridized carbons (Fsp3) is 0.533. The minimum atomic E-state index is -0.416. The van der Waals surface area contributed by atoms with E-state index in [4.69, 9.17) is 9.78 Å². The van der Waals surface area contributed by atoms with Gasteiger partial charge in [-0.1, -0.05) is 18.2 Å². The SMILES string of the molecule is Cc1ccccc1C(=O)OOCCCC1CCNC1. The van der Waals surface area contributed by atoms with Gasteiger partial charge in [0.2, 0.25) is 0 Å². The van der Waals surface area contributed by atoms with Gasteiger partial charge in [0.15, 0.2) is 0 Å². The smallest absolute Gasteiger partial charge is 0.316 e. The third-order valence-electron chi connectivity index (χ3n) is 3.50. The summed E-state index contributed by atoms with van der Waals surface area (Å²) in [7, 11) is 0. The predicted octanol–water partition coefficient (Wildman–Crippen LogP) is 2.47. The third-order valence-corrected chi connectivity index (χ3v) is 3.50. The normalized spacial score (nSPS) is 18.5. The lowest BCUT2D eigenvalue weighted by molar-refractivity contribution is -0.241. The first-order valence-corrected chi connectivity index (χ1v) is 6.87. The van der Waals surface area contributed by atoms with E-state index >= 15 is 0 Å². The molecular weight excluding hydrogens is 242 g/mol. The molecule has 0 spiro atoms. The van der Waals surface area contributed by atoms with Gasteiger partial charge in [0, 0.05) is 0 Å². The van der Waals surface area contributed by atoms with Crippen molar-refractivity contribution in [3.8, 4) is 0 Å². The average Bonchev–Trinajstić information content (AvgIpc) is 2.92. The summed E-state index contributed by atoms with van der Waals surface area (Å²) in [6, 6.07) is 7.33. The second kappa shape index (κ2) is 7.26. The Kier molecular flexibility index (Phi) is 5.36. The fourth-order valence-corrected chi connectivity index (χ4v) is 2.33. The van der Waals surface area contributed by atoms with Crippen molar-refractivity contribution in [2.24, 2.45) is 5.92 Å². The number of nitrogens with one attached hydrogen (secondary N) is 1. The molecule has 1 atom stereocenters. The quantitative estimate of drug-likeness (QED) is 0.486. The van der Waals surface area contributed by atoms with Gasteiger partial charge < -0.3 is 5.32 Å². The lowest BCUT2D eigenvalue weighted by atomic mass is 10.0. The molecule has 1 saturated heterocycles. The van der Waals surface area contributed by atoms with Crippen molar-refractivity contribution in [2.45, 2.75) is 26.2 Å². The van der Waals surface area contributed by atoms with Crippen LogP contribution in [0.5, 0.6) is 0 Å². The molecule has 0 aromatic heterocycles. The van der Waals surface area contributed by atoms with Crippen LogP contribution in [0.3, 0.4) is 0 Å². The van der Waals surface area contributed by atoms with Crippen LogP contribution < -0.4 is 5.32 Å². The summed E-state index contributed by atoms with van der Waals surface area (Å²) in [5.41, 5.74) is 1.45. The van der Waals surface area contributed by atoms with Crippen LogP contribution in [0.1, 0.15) is 35.2 Å². The molecule has 1 aliphatic rings. The first-order chi connectivity index (χ1) is 9.27. The van der Waals surface area contributed by atoms with E-state index in [-0.39, 0.29) is 0 Å². The summed E-state index contributed by atoms with van der Waals surface area (Å²) in [4.78, 5) is 21.5. The number of rotatable bonds is 6. The molecule has 0 aliphatic carbocycles. The first-order valence-electron chi connectivity index (χ1n) is 6.87. The molecule has 1 fully saturated rings. The molecule has 1 heterocycles. The summed E-state index contributed by atoms with van der Waals surface area (Å²) < 4.78 is 0. The maximum Gasteiger partial charge on any atom is 0.373 e. The van der Waals surface area contributed by atoms with Gasteiger partial charge in [-0.2, -0.15) is 4.89 Å². The highest BCUT2D eigenvalue weighted by atomic mass is 17.2. The van der Waals surface area contributed by atoms with Gasteiger partial charge in [-0.3, -0.25) is 4.89 Å². The first kappa shape index (κ1) is 14.0. The van der Waals surface area contributed by atoms with Gasteiger partial charge in [0.25, 0.3) is 0 Å². The van der Waals surface area contributed by atoms with Crippen LogP contribution in [0.4, 0.5) is 0 Å². The Labute approximate surface area is 114 Å². The summed E-state index contributed by atoms with van der Waals surface area (Å²) in [5.74, 6) is 0.330. The molecule has 104 valence electrons. The van der Waals surface area contributed by atoms with Gasteiger partial charge in [0.05, 0.1) is 12.2 Å². The molecule has 1 aromatic carbocycles. The zero-order valence-corrected chi connectivity index (χ0v) is 11.4. The van der Waals surface area contributed by atoms with Crippen LogP contribution in [0, 0.1) is 12.8 Å². The molecule has 0 radical (unpaired) electrons. The van der Waals surface area contributed by atoms with Crippen LogP contribution in [0.2, 0.25) is 0 Å². The molecule has 1 unspecified atom stereocenters. The summed E-state index contributed by atoms with van der Waals surface area (Å²) >= 11 is 0. The van der Waals surface area contributed by atoms with E-state index in [2.05, 4.69) is 5.32 Å². The van der Waals surface area contributed by atoms with Crippen molar-refractivity contribution in [3.05, 3.63) is 35.4 Å². The maximum absolute atomic E-state index is 11.7. The largest absolute Gasteiger partial charge is 0.373 e. The summed E-state index contributed by atoms with van der Waals surface area (Å²) in [5, 5.41) is 3.33. The molecule has 1 aromatic rings. The highest BCUT2D eigenvalue weighted by molar-refractivity contribution is 5.90. The van der Waals surface area contributed by atoms with Gasteiger partial charge in [-0.15, -0.1) is 0 Å². The van der Waals surface area contributed by atoms with Crippen LogP contribution in [-0.2, 0) is 9.78 Å². The van der Waals surface area contributed by atoms with E-state index in [9.17, 15) is 4.79 Å². The van der Waals surface area contributed by atoms with Gasteiger partial charge >= 0.3 is 5.97 Å². The number of hydrogen-bond donors (Lipinski definition) is 1. The highest BCUT2D eigenvalue weighted by Crippen LogP contribution is 2.14. The fourth-order valence-electron chi connectivity index (χ4n) is 2.33.